The highest BCUT2D eigenvalue weighted by Gasteiger charge is 2.17. The maximum absolute atomic E-state index is 13.9. The number of likely N-dealkylation sites (N-methyl/N-ethyl adjacent to an activating group) is 1. The van der Waals surface area contributed by atoms with E-state index in [2.05, 4.69) is 16.5 Å². The van der Waals surface area contributed by atoms with Crippen molar-refractivity contribution in [3.63, 3.8) is 0 Å². The van der Waals surface area contributed by atoms with Crippen molar-refractivity contribution in [3.05, 3.63) is 53.1 Å². The fourth-order valence-electron chi connectivity index (χ4n) is 2.45. The average Bonchev–Trinajstić information content (AvgIpc) is 2.68. The summed E-state index contributed by atoms with van der Waals surface area (Å²) in [4.78, 5) is 0. The Labute approximate surface area is 113 Å². The van der Waals surface area contributed by atoms with E-state index in [4.69, 9.17) is 0 Å². The summed E-state index contributed by atoms with van der Waals surface area (Å²) in [6, 6.07) is 9.05. The lowest BCUT2D eigenvalue weighted by molar-refractivity contribution is 0.543. The Balaban J connectivity index is 2.26. The molecule has 0 fully saturated rings. The van der Waals surface area contributed by atoms with Gasteiger partial charge in [-0.3, -0.25) is 4.68 Å². The van der Waals surface area contributed by atoms with E-state index in [0.29, 0.717) is 0 Å². The quantitative estimate of drug-likeness (QED) is 0.895. The van der Waals surface area contributed by atoms with Crippen LogP contribution in [-0.2, 0) is 13.5 Å². The molecular formula is C15H20FN3. The van der Waals surface area contributed by atoms with Crippen molar-refractivity contribution in [2.75, 3.05) is 13.6 Å². The third-order valence-electron chi connectivity index (χ3n) is 3.35. The van der Waals surface area contributed by atoms with Crippen LogP contribution >= 0.6 is 0 Å². The summed E-state index contributed by atoms with van der Waals surface area (Å²) in [5.74, 6) is -0.0253. The predicted octanol–water partition coefficient (Wildman–Crippen LogP) is 2.41. The molecule has 1 unspecified atom stereocenters. The molecule has 0 radical (unpaired) electrons. The van der Waals surface area contributed by atoms with Crippen LogP contribution in [0, 0.1) is 12.7 Å². The number of hydrogen-bond acceptors (Lipinski definition) is 2. The van der Waals surface area contributed by atoms with Gasteiger partial charge in [0.2, 0.25) is 0 Å². The van der Waals surface area contributed by atoms with E-state index in [9.17, 15) is 4.39 Å². The van der Waals surface area contributed by atoms with Gasteiger partial charge in [-0.25, -0.2) is 4.39 Å². The lowest BCUT2D eigenvalue weighted by Gasteiger charge is -2.17. The SMILES string of the molecule is CNCC(Cc1cc(C)nn1C)c1ccccc1F. The molecule has 2 rings (SSSR count). The number of rotatable bonds is 5. The van der Waals surface area contributed by atoms with Gasteiger partial charge >= 0.3 is 0 Å². The minimum atomic E-state index is -0.137. The summed E-state index contributed by atoms with van der Waals surface area (Å²) in [6.07, 6.45) is 0.777. The van der Waals surface area contributed by atoms with E-state index in [0.717, 1.165) is 29.9 Å². The van der Waals surface area contributed by atoms with Gasteiger partial charge in [0.15, 0.2) is 0 Å². The number of hydrogen-bond donors (Lipinski definition) is 1. The molecule has 2 aromatic rings. The number of benzene rings is 1. The minimum Gasteiger partial charge on any atom is -0.319 e. The first-order chi connectivity index (χ1) is 9.11. The van der Waals surface area contributed by atoms with Gasteiger partial charge in [-0.2, -0.15) is 5.10 Å². The second-order valence-corrected chi connectivity index (χ2v) is 4.88. The lowest BCUT2D eigenvalue weighted by Crippen LogP contribution is -2.21. The molecule has 1 heterocycles. The highest BCUT2D eigenvalue weighted by molar-refractivity contribution is 5.24. The van der Waals surface area contributed by atoms with Crippen LogP contribution in [0.5, 0.6) is 0 Å². The Morgan fingerprint density at radius 2 is 2.11 bits per heavy atom. The zero-order chi connectivity index (χ0) is 13.8. The Bertz CT molecular complexity index is 548. The van der Waals surface area contributed by atoms with E-state index >= 15 is 0 Å². The third-order valence-corrected chi connectivity index (χ3v) is 3.35. The van der Waals surface area contributed by atoms with Crippen LogP contribution < -0.4 is 5.32 Å². The molecule has 0 saturated heterocycles. The Morgan fingerprint density at radius 3 is 2.68 bits per heavy atom. The van der Waals surface area contributed by atoms with Crippen molar-refractivity contribution in [2.24, 2.45) is 7.05 Å². The number of halogens is 1. The first kappa shape index (κ1) is 13.7. The van der Waals surface area contributed by atoms with E-state index in [-0.39, 0.29) is 11.7 Å². The molecule has 3 nitrogen and oxygen atoms in total. The summed E-state index contributed by atoms with van der Waals surface area (Å²) in [5.41, 5.74) is 2.88. The highest BCUT2D eigenvalue weighted by atomic mass is 19.1. The van der Waals surface area contributed by atoms with Gasteiger partial charge in [0.25, 0.3) is 0 Å². The van der Waals surface area contributed by atoms with Crippen molar-refractivity contribution >= 4 is 0 Å². The molecule has 1 N–H and O–H groups in total. The van der Waals surface area contributed by atoms with Crippen LogP contribution in [0.15, 0.2) is 30.3 Å². The Hall–Kier alpha value is -1.68. The maximum atomic E-state index is 13.9. The van der Waals surface area contributed by atoms with Crippen molar-refractivity contribution in [2.45, 2.75) is 19.3 Å². The first-order valence-corrected chi connectivity index (χ1v) is 6.50. The molecule has 0 spiro atoms. The fourth-order valence-corrected chi connectivity index (χ4v) is 2.45. The number of aryl methyl sites for hydroxylation is 2. The fraction of sp³-hybridized carbons (Fsp3) is 0.400. The van der Waals surface area contributed by atoms with Crippen LogP contribution in [0.2, 0.25) is 0 Å². The van der Waals surface area contributed by atoms with Gasteiger partial charge in [0.1, 0.15) is 5.82 Å². The molecule has 1 atom stereocenters. The maximum Gasteiger partial charge on any atom is 0.126 e. The van der Waals surface area contributed by atoms with Crippen molar-refractivity contribution in [3.8, 4) is 0 Å². The van der Waals surface area contributed by atoms with Crippen LogP contribution in [-0.4, -0.2) is 23.4 Å². The molecule has 0 bridgehead atoms. The molecule has 0 saturated carbocycles. The molecule has 19 heavy (non-hydrogen) atoms. The predicted molar refractivity (Wildman–Crippen MR) is 74.7 cm³/mol. The zero-order valence-corrected chi connectivity index (χ0v) is 11.7. The van der Waals surface area contributed by atoms with E-state index < -0.39 is 0 Å². The summed E-state index contributed by atoms with van der Waals surface area (Å²) in [5, 5.41) is 7.49. The number of nitrogens with one attached hydrogen (secondary N) is 1. The van der Waals surface area contributed by atoms with Gasteiger partial charge in [0, 0.05) is 25.2 Å². The van der Waals surface area contributed by atoms with Crippen molar-refractivity contribution in [1.29, 1.82) is 0 Å². The summed E-state index contributed by atoms with van der Waals surface area (Å²) in [6.45, 7) is 2.71. The number of nitrogens with zero attached hydrogens (tertiary/aromatic N) is 2. The Morgan fingerprint density at radius 1 is 1.37 bits per heavy atom. The zero-order valence-electron chi connectivity index (χ0n) is 11.7. The van der Waals surface area contributed by atoms with Crippen LogP contribution in [0.25, 0.3) is 0 Å². The molecule has 102 valence electrons. The molecule has 1 aromatic carbocycles. The van der Waals surface area contributed by atoms with Crippen LogP contribution in [0.4, 0.5) is 4.39 Å². The first-order valence-electron chi connectivity index (χ1n) is 6.50. The van der Waals surface area contributed by atoms with Crippen LogP contribution in [0.1, 0.15) is 22.9 Å². The van der Waals surface area contributed by atoms with Crippen molar-refractivity contribution in [1.82, 2.24) is 15.1 Å². The second-order valence-electron chi connectivity index (χ2n) is 4.88. The minimum absolute atomic E-state index is 0.112. The second kappa shape index (κ2) is 5.97. The highest BCUT2D eigenvalue weighted by Crippen LogP contribution is 2.23. The molecule has 4 heteroatoms. The van der Waals surface area contributed by atoms with E-state index in [1.54, 1.807) is 6.07 Å². The monoisotopic (exact) mass is 261 g/mol. The topological polar surface area (TPSA) is 29.9 Å². The summed E-state index contributed by atoms with van der Waals surface area (Å²) in [7, 11) is 3.82. The average molecular weight is 261 g/mol. The van der Waals surface area contributed by atoms with E-state index in [1.165, 1.54) is 6.07 Å². The molecule has 0 amide bonds. The third kappa shape index (κ3) is 3.20. The molecular weight excluding hydrogens is 241 g/mol. The lowest BCUT2D eigenvalue weighted by atomic mass is 9.93. The van der Waals surface area contributed by atoms with Gasteiger partial charge in [-0.05, 0) is 38.1 Å². The van der Waals surface area contributed by atoms with Gasteiger partial charge in [-0.1, -0.05) is 18.2 Å². The largest absolute Gasteiger partial charge is 0.319 e. The molecule has 1 aromatic heterocycles. The number of aromatic nitrogens is 2. The van der Waals surface area contributed by atoms with Gasteiger partial charge < -0.3 is 5.32 Å². The van der Waals surface area contributed by atoms with Gasteiger partial charge in [0.05, 0.1) is 5.69 Å². The summed E-state index contributed by atoms with van der Waals surface area (Å²) >= 11 is 0. The summed E-state index contributed by atoms with van der Waals surface area (Å²) < 4.78 is 15.8. The normalized spacial score (nSPS) is 12.6. The standard InChI is InChI=1S/C15H20FN3/c1-11-8-13(19(3)18-11)9-12(10-17-2)14-6-4-5-7-15(14)16/h4-8,12,17H,9-10H2,1-3H3. The Kier molecular flexibility index (Phi) is 4.32. The van der Waals surface area contributed by atoms with Gasteiger partial charge in [-0.15, -0.1) is 0 Å². The molecule has 0 aliphatic carbocycles. The molecule has 0 aliphatic heterocycles. The molecule has 0 aliphatic rings. The van der Waals surface area contributed by atoms with Crippen molar-refractivity contribution < 1.29 is 4.39 Å². The smallest absolute Gasteiger partial charge is 0.126 e. The van der Waals surface area contributed by atoms with E-state index in [1.807, 2.05) is 37.8 Å². The van der Waals surface area contributed by atoms with Crippen LogP contribution in [0.3, 0.4) is 0 Å².